The molecule has 6 heteroatoms. The molecule has 0 aliphatic heterocycles. The van der Waals surface area contributed by atoms with E-state index in [0.29, 0.717) is 31.4 Å². The van der Waals surface area contributed by atoms with E-state index in [1.165, 1.54) is 24.3 Å². The van der Waals surface area contributed by atoms with Gasteiger partial charge in [0.25, 0.3) is 0 Å². The van der Waals surface area contributed by atoms with Crippen LogP contribution in [0.4, 0.5) is 8.78 Å². The molecule has 0 radical (unpaired) electrons. The first-order valence-electron chi connectivity index (χ1n) is 7.74. The molecule has 0 amide bonds. The summed E-state index contributed by atoms with van der Waals surface area (Å²) in [5.41, 5.74) is 0.845. The first-order valence-corrected chi connectivity index (χ1v) is 7.74. The van der Waals surface area contributed by atoms with E-state index < -0.39 is 0 Å². The molecule has 0 aromatic heterocycles. The Morgan fingerprint density at radius 3 is 2.54 bits per heavy atom. The van der Waals surface area contributed by atoms with Crippen LogP contribution in [-0.4, -0.2) is 26.2 Å². The molecule has 2 aromatic rings. The monoisotopic (exact) mass is 333 g/mol. The van der Waals surface area contributed by atoms with Crippen LogP contribution in [0, 0.1) is 11.6 Å². The molecule has 128 valence electrons. The summed E-state index contributed by atoms with van der Waals surface area (Å²) in [6.07, 6.45) is 0.762. The molecule has 0 saturated heterocycles. The van der Waals surface area contributed by atoms with E-state index in [2.05, 4.69) is 15.6 Å². The Bertz CT molecular complexity index is 660. The van der Waals surface area contributed by atoms with Crippen molar-refractivity contribution in [3.63, 3.8) is 0 Å². The minimum Gasteiger partial charge on any atom is -0.494 e. The van der Waals surface area contributed by atoms with Crippen LogP contribution in [0.15, 0.2) is 53.5 Å². The van der Waals surface area contributed by atoms with Crippen molar-refractivity contribution in [3.05, 3.63) is 65.7 Å². The van der Waals surface area contributed by atoms with E-state index in [0.717, 1.165) is 12.0 Å². The van der Waals surface area contributed by atoms with Crippen molar-refractivity contribution < 1.29 is 13.5 Å². The summed E-state index contributed by atoms with van der Waals surface area (Å²) in [4.78, 5) is 4.11. The lowest BCUT2D eigenvalue weighted by Gasteiger charge is -2.12. The molecule has 2 rings (SSSR count). The molecule has 0 aliphatic carbocycles. The number of nitrogens with one attached hydrogen (secondary N) is 2. The third-order valence-electron chi connectivity index (χ3n) is 3.27. The van der Waals surface area contributed by atoms with Crippen molar-refractivity contribution in [2.24, 2.45) is 4.99 Å². The van der Waals surface area contributed by atoms with Gasteiger partial charge in [0.1, 0.15) is 17.4 Å². The lowest BCUT2D eigenvalue weighted by atomic mass is 10.2. The van der Waals surface area contributed by atoms with Gasteiger partial charge < -0.3 is 15.4 Å². The van der Waals surface area contributed by atoms with Crippen LogP contribution in [0.1, 0.15) is 12.0 Å². The fourth-order valence-corrected chi connectivity index (χ4v) is 2.05. The number of hydrogen-bond donors (Lipinski definition) is 2. The molecule has 2 aromatic carbocycles. The minimum atomic E-state index is -0.280. The maximum absolute atomic E-state index is 13.1. The van der Waals surface area contributed by atoms with Crippen LogP contribution in [0.2, 0.25) is 0 Å². The van der Waals surface area contributed by atoms with Gasteiger partial charge in [0.05, 0.1) is 6.61 Å². The number of guanidine groups is 1. The second-order valence-corrected chi connectivity index (χ2v) is 5.14. The van der Waals surface area contributed by atoms with Gasteiger partial charge in [-0.25, -0.2) is 8.78 Å². The third kappa shape index (κ3) is 6.24. The van der Waals surface area contributed by atoms with Gasteiger partial charge in [-0.3, -0.25) is 4.99 Å². The number of rotatable bonds is 7. The Balaban J connectivity index is 1.63. The number of ether oxygens (including phenoxy) is 1. The van der Waals surface area contributed by atoms with E-state index in [-0.39, 0.29) is 11.6 Å². The molecular formula is C18H21F2N3O. The molecule has 0 bridgehead atoms. The largest absolute Gasteiger partial charge is 0.494 e. The van der Waals surface area contributed by atoms with Crippen LogP contribution in [0.3, 0.4) is 0 Å². The van der Waals surface area contributed by atoms with Crippen molar-refractivity contribution in [3.8, 4) is 5.75 Å². The highest BCUT2D eigenvalue weighted by Gasteiger charge is 2.00. The lowest BCUT2D eigenvalue weighted by Crippen LogP contribution is -2.37. The number of hydrogen-bond acceptors (Lipinski definition) is 2. The number of aliphatic imine (C=N–C) groups is 1. The zero-order valence-electron chi connectivity index (χ0n) is 13.6. The Hall–Kier alpha value is -2.63. The van der Waals surface area contributed by atoms with Gasteiger partial charge in [-0.05, 0) is 48.4 Å². The summed E-state index contributed by atoms with van der Waals surface area (Å²) in [6, 6.07) is 12.4. The summed E-state index contributed by atoms with van der Waals surface area (Å²) >= 11 is 0. The maximum atomic E-state index is 13.1. The molecule has 0 atom stereocenters. The predicted octanol–water partition coefficient (Wildman–Crippen LogP) is 3.10. The van der Waals surface area contributed by atoms with Crippen LogP contribution >= 0.6 is 0 Å². The smallest absolute Gasteiger partial charge is 0.191 e. The molecule has 0 aliphatic rings. The van der Waals surface area contributed by atoms with Crippen LogP contribution < -0.4 is 15.4 Å². The fraction of sp³-hybridized carbons (Fsp3) is 0.278. The van der Waals surface area contributed by atoms with Gasteiger partial charge in [-0.1, -0.05) is 12.1 Å². The summed E-state index contributed by atoms with van der Waals surface area (Å²) in [6.45, 7) is 1.67. The van der Waals surface area contributed by atoms with Gasteiger partial charge >= 0.3 is 0 Å². The standard InChI is InChI=1S/C18H21F2N3O/c1-21-18(23-13-14-4-2-5-16(20)12-14)22-10-3-11-24-17-8-6-15(19)7-9-17/h2,4-9,12H,3,10-11,13H2,1H3,(H2,21,22,23). The molecule has 0 fully saturated rings. The zero-order chi connectivity index (χ0) is 17.2. The van der Waals surface area contributed by atoms with Crippen molar-refractivity contribution >= 4 is 5.96 Å². The van der Waals surface area contributed by atoms with Crippen LogP contribution in [-0.2, 0) is 6.54 Å². The van der Waals surface area contributed by atoms with Gasteiger partial charge in [0.15, 0.2) is 5.96 Å². The molecule has 0 unspecified atom stereocenters. The summed E-state index contributed by atoms with van der Waals surface area (Å²) in [5.74, 6) is 0.749. The second-order valence-electron chi connectivity index (χ2n) is 5.14. The van der Waals surface area contributed by atoms with E-state index in [1.807, 2.05) is 6.07 Å². The van der Waals surface area contributed by atoms with Gasteiger partial charge in [-0.15, -0.1) is 0 Å². The first kappa shape index (κ1) is 17.7. The highest BCUT2D eigenvalue weighted by Crippen LogP contribution is 2.10. The van der Waals surface area contributed by atoms with E-state index >= 15 is 0 Å². The molecule has 0 saturated carbocycles. The van der Waals surface area contributed by atoms with Gasteiger partial charge in [0, 0.05) is 20.1 Å². The topological polar surface area (TPSA) is 45.7 Å². The Morgan fingerprint density at radius 1 is 1.04 bits per heavy atom. The predicted molar refractivity (Wildman–Crippen MR) is 91.1 cm³/mol. The SMILES string of the molecule is CN=C(NCCCOc1ccc(F)cc1)NCc1cccc(F)c1. The minimum absolute atomic E-state index is 0.254. The van der Waals surface area contributed by atoms with Crippen LogP contribution in [0.5, 0.6) is 5.75 Å². The Labute approximate surface area is 140 Å². The highest BCUT2D eigenvalue weighted by molar-refractivity contribution is 5.79. The number of halogens is 2. The van der Waals surface area contributed by atoms with Crippen LogP contribution in [0.25, 0.3) is 0 Å². The quantitative estimate of drug-likeness (QED) is 0.465. The van der Waals surface area contributed by atoms with Gasteiger partial charge in [-0.2, -0.15) is 0 Å². The van der Waals surface area contributed by atoms with E-state index in [9.17, 15) is 8.78 Å². The Kier molecular flexibility index (Phi) is 7.01. The van der Waals surface area contributed by atoms with Crippen molar-refractivity contribution in [2.75, 3.05) is 20.2 Å². The number of benzene rings is 2. The lowest BCUT2D eigenvalue weighted by molar-refractivity contribution is 0.310. The zero-order valence-corrected chi connectivity index (χ0v) is 13.6. The first-order chi connectivity index (χ1) is 11.7. The van der Waals surface area contributed by atoms with E-state index in [4.69, 9.17) is 4.74 Å². The second kappa shape index (κ2) is 9.50. The maximum Gasteiger partial charge on any atom is 0.191 e. The molecule has 0 heterocycles. The molecule has 4 nitrogen and oxygen atoms in total. The summed E-state index contributed by atoms with van der Waals surface area (Å²) in [7, 11) is 1.68. The average Bonchev–Trinajstić information content (AvgIpc) is 2.59. The normalized spacial score (nSPS) is 11.2. The summed E-state index contributed by atoms with van der Waals surface area (Å²) < 4.78 is 31.4. The number of nitrogens with zero attached hydrogens (tertiary/aromatic N) is 1. The highest BCUT2D eigenvalue weighted by atomic mass is 19.1. The van der Waals surface area contributed by atoms with E-state index in [1.54, 1.807) is 25.2 Å². The fourth-order valence-electron chi connectivity index (χ4n) is 2.05. The molecular weight excluding hydrogens is 312 g/mol. The summed E-state index contributed by atoms with van der Waals surface area (Å²) in [5, 5.41) is 6.27. The molecule has 0 spiro atoms. The molecule has 24 heavy (non-hydrogen) atoms. The van der Waals surface area contributed by atoms with Crippen molar-refractivity contribution in [2.45, 2.75) is 13.0 Å². The Morgan fingerprint density at radius 2 is 1.83 bits per heavy atom. The molecule has 2 N–H and O–H groups in total. The van der Waals surface area contributed by atoms with Crippen molar-refractivity contribution in [1.29, 1.82) is 0 Å². The third-order valence-corrected chi connectivity index (χ3v) is 3.27. The van der Waals surface area contributed by atoms with Crippen molar-refractivity contribution in [1.82, 2.24) is 10.6 Å². The van der Waals surface area contributed by atoms with Gasteiger partial charge in [0.2, 0.25) is 0 Å². The average molecular weight is 333 g/mol.